The fourth-order valence-electron chi connectivity index (χ4n) is 3.32. The number of rotatable bonds is 4. The Morgan fingerprint density at radius 2 is 1.61 bits per heavy atom. The number of pyridine rings is 1. The molecule has 0 amide bonds. The normalized spacial score (nSPS) is 10.9. The standard InChI is InChI=1S/C24H20NO3/c1-16-8-9-21-20(14-22(26)28-24(21)17(16)2)15-25-12-10-19(11-13-25)23(27)18-6-4-3-5-7-18/h3-14H,15H2,1-2H3/q+1. The molecule has 0 spiro atoms. The number of benzene rings is 2. The molecule has 0 aliphatic rings. The van der Waals surface area contributed by atoms with Crippen LogP contribution in [0.15, 0.2) is 82.3 Å². The highest BCUT2D eigenvalue weighted by atomic mass is 16.4. The molecule has 2 aromatic heterocycles. The predicted octanol–water partition coefficient (Wildman–Crippen LogP) is 3.98. The largest absolute Gasteiger partial charge is 0.422 e. The first-order chi connectivity index (χ1) is 13.5. The first kappa shape index (κ1) is 17.9. The SMILES string of the molecule is Cc1ccc2c(C[n+]3ccc(C(=O)c4ccccc4)cc3)cc(=O)oc2c1C. The lowest BCUT2D eigenvalue weighted by Crippen LogP contribution is -2.34. The molecule has 0 unspecified atom stereocenters. The van der Waals surface area contributed by atoms with Gasteiger partial charge in [0.2, 0.25) is 0 Å². The zero-order chi connectivity index (χ0) is 19.7. The predicted molar refractivity (Wildman–Crippen MR) is 108 cm³/mol. The number of nitrogens with zero attached hydrogens (tertiary/aromatic N) is 1. The van der Waals surface area contributed by atoms with Crippen molar-refractivity contribution in [1.29, 1.82) is 0 Å². The van der Waals surface area contributed by atoms with Gasteiger partial charge in [-0.3, -0.25) is 4.79 Å². The minimum Gasteiger partial charge on any atom is -0.422 e. The zero-order valence-electron chi connectivity index (χ0n) is 15.8. The summed E-state index contributed by atoms with van der Waals surface area (Å²) in [5, 5.41) is 0.930. The molecule has 28 heavy (non-hydrogen) atoms. The summed E-state index contributed by atoms with van der Waals surface area (Å²) in [6, 6.07) is 18.4. The number of carbonyl (C=O) groups is 1. The Morgan fingerprint density at radius 3 is 2.32 bits per heavy atom. The van der Waals surface area contributed by atoms with Crippen LogP contribution in [0.1, 0.15) is 32.6 Å². The molecule has 4 aromatic rings. The molecular weight excluding hydrogens is 350 g/mol. The Kier molecular flexibility index (Phi) is 4.62. The Bertz CT molecular complexity index is 1220. The molecule has 0 aliphatic carbocycles. The average Bonchev–Trinajstić information content (AvgIpc) is 2.72. The maximum Gasteiger partial charge on any atom is 0.336 e. The van der Waals surface area contributed by atoms with Crippen LogP contribution in [0.4, 0.5) is 0 Å². The number of hydrogen-bond acceptors (Lipinski definition) is 3. The monoisotopic (exact) mass is 370 g/mol. The third-order valence-electron chi connectivity index (χ3n) is 5.06. The van der Waals surface area contributed by atoms with Crippen molar-refractivity contribution in [2.75, 3.05) is 0 Å². The van der Waals surface area contributed by atoms with Crippen molar-refractivity contribution in [1.82, 2.24) is 0 Å². The van der Waals surface area contributed by atoms with Crippen LogP contribution in [0, 0.1) is 13.8 Å². The van der Waals surface area contributed by atoms with Gasteiger partial charge in [-0.1, -0.05) is 42.5 Å². The fourth-order valence-corrected chi connectivity index (χ4v) is 3.32. The van der Waals surface area contributed by atoms with Crippen LogP contribution in [0.2, 0.25) is 0 Å². The second kappa shape index (κ2) is 7.24. The number of carbonyl (C=O) groups excluding carboxylic acids is 1. The topological polar surface area (TPSA) is 51.2 Å². The number of hydrogen-bond donors (Lipinski definition) is 0. The highest BCUT2D eigenvalue weighted by Crippen LogP contribution is 2.23. The summed E-state index contributed by atoms with van der Waals surface area (Å²) in [6.07, 6.45) is 3.72. The van der Waals surface area contributed by atoms with E-state index in [0.717, 1.165) is 22.1 Å². The van der Waals surface area contributed by atoms with Crippen molar-refractivity contribution in [2.45, 2.75) is 20.4 Å². The highest BCUT2D eigenvalue weighted by Gasteiger charge is 2.14. The molecule has 2 heterocycles. The summed E-state index contributed by atoms with van der Waals surface area (Å²) in [6.45, 7) is 4.48. The molecule has 4 heteroatoms. The van der Waals surface area contributed by atoms with E-state index in [1.54, 1.807) is 12.1 Å². The van der Waals surface area contributed by atoms with Crippen molar-refractivity contribution >= 4 is 16.8 Å². The van der Waals surface area contributed by atoms with E-state index in [9.17, 15) is 9.59 Å². The minimum absolute atomic E-state index is 0.00958. The van der Waals surface area contributed by atoms with E-state index in [-0.39, 0.29) is 11.4 Å². The maximum atomic E-state index is 12.5. The van der Waals surface area contributed by atoms with Gasteiger partial charge in [0.1, 0.15) is 5.58 Å². The molecule has 0 fully saturated rings. The first-order valence-corrected chi connectivity index (χ1v) is 9.15. The second-order valence-electron chi connectivity index (χ2n) is 6.93. The smallest absolute Gasteiger partial charge is 0.336 e. The molecule has 2 aromatic carbocycles. The van der Waals surface area contributed by atoms with Crippen molar-refractivity contribution in [3.63, 3.8) is 0 Å². The Hall–Kier alpha value is -3.53. The van der Waals surface area contributed by atoms with E-state index in [4.69, 9.17) is 4.42 Å². The van der Waals surface area contributed by atoms with Gasteiger partial charge < -0.3 is 4.42 Å². The molecule has 4 rings (SSSR count). The van der Waals surface area contributed by atoms with Crippen LogP contribution in [-0.2, 0) is 6.54 Å². The van der Waals surface area contributed by atoms with Gasteiger partial charge in [-0.15, -0.1) is 0 Å². The minimum atomic E-state index is -0.354. The number of fused-ring (bicyclic) bond motifs is 1. The summed E-state index contributed by atoms with van der Waals surface area (Å²) >= 11 is 0. The van der Waals surface area contributed by atoms with E-state index >= 15 is 0 Å². The average molecular weight is 370 g/mol. The van der Waals surface area contributed by atoms with Gasteiger partial charge in [0.25, 0.3) is 0 Å². The van der Waals surface area contributed by atoms with Crippen molar-refractivity contribution in [3.8, 4) is 0 Å². The van der Waals surface area contributed by atoms with Gasteiger partial charge in [-0.2, -0.15) is 0 Å². The van der Waals surface area contributed by atoms with Crippen molar-refractivity contribution in [3.05, 3.63) is 111 Å². The van der Waals surface area contributed by atoms with E-state index < -0.39 is 0 Å². The summed E-state index contributed by atoms with van der Waals surface area (Å²) in [5.41, 5.74) is 4.53. The van der Waals surface area contributed by atoms with Crippen LogP contribution in [0.5, 0.6) is 0 Å². The van der Waals surface area contributed by atoms with Crippen LogP contribution in [-0.4, -0.2) is 5.78 Å². The lowest BCUT2D eigenvalue weighted by Gasteiger charge is -2.07. The van der Waals surface area contributed by atoms with Gasteiger partial charge in [0.15, 0.2) is 24.7 Å². The molecule has 138 valence electrons. The van der Waals surface area contributed by atoms with E-state index in [2.05, 4.69) is 0 Å². The quantitative estimate of drug-likeness (QED) is 0.310. The molecular formula is C24H20NO3+. The molecule has 0 radical (unpaired) electrons. The molecule has 4 nitrogen and oxygen atoms in total. The number of ketones is 1. The molecule has 0 N–H and O–H groups in total. The third-order valence-corrected chi connectivity index (χ3v) is 5.06. The number of aromatic nitrogens is 1. The van der Waals surface area contributed by atoms with Gasteiger partial charge in [0, 0.05) is 40.3 Å². The van der Waals surface area contributed by atoms with Gasteiger partial charge in [-0.25, -0.2) is 9.36 Å². The Labute approximate surface area is 162 Å². The van der Waals surface area contributed by atoms with Crippen LogP contribution in [0.25, 0.3) is 11.0 Å². The zero-order valence-corrected chi connectivity index (χ0v) is 15.8. The van der Waals surface area contributed by atoms with E-state index in [1.807, 2.05) is 73.3 Å². The van der Waals surface area contributed by atoms with Crippen molar-refractivity contribution in [2.24, 2.45) is 0 Å². The van der Waals surface area contributed by atoms with Crippen LogP contribution in [0.3, 0.4) is 0 Å². The van der Waals surface area contributed by atoms with Gasteiger partial charge in [0.05, 0.1) is 0 Å². The lowest BCUT2D eigenvalue weighted by atomic mass is 10.0. The molecule has 0 saturated carbocycles. The molecule has 0 aliphatic heterocycles. The first-order valence-electron chi connectivity index (χ1n) is 9.15. The maximum absolute atomic E-state index is 12.5. The van der Waals surface area contributed by atoms with Crippen LogP contribution < -0.4 is 10.2 Å². The molecule has 0 saturated heterocycles. The van der Waals surface area contributed by atoms with Crippen molar-refractivity contribution < 1.29 is 13.8 Å². The van der Waals surface area contributed by atoms with Gasteiger partial charge in [-0.05, 0) is 25.0 Å². The fraction of sp³-hybridized carbons (Fsp3) is 0.125. The number of aryl methyl sites for hydroxylation is 2. The van der Waals surface area contributed by atoms with E-state index in [0.29, 0.717) is 23.3 Å². The van der Waals surface area contributed by atoms with Gasteiger partial charge >= 0.3 is 5.63 Å². The summed E-state index contributed by atoms with van der Waals surface area (Å²) in [4.78, 5) is 24.6. The molecule has 0 atom stereocenters. The Balaban J connectivity index is 1.66. The summed E-state index contributed by atoms with van der Waals surface area (Å²) in [5.74, 6) is -0.00958. The molecule has 0 bridgehead atoms. The Morgan fingerprint density at radius 1 is 0.929 bits per heavy atom. The highest BCUT2D eigenvalue weighted by molar-refractivity contribution is 6.08. The third kappa shape index (κ3) is 3.37. The second-order valence-corrected chi connectivity index (χ2v) is 6.93. The summed E-state index contributed by atoms with van der Waals surface area (Å²) < 4.78 is 7.39. The van der Waals surface area contributed by atoms with Crippen LogP contribution >= 0.6 is 0 Å². The lowest BCUT2D eigenvalue weighted by molar-refractivity contribution is -0.688. The van der Waals surface area contributed by atoms with E-state index in [1.165, 1.54) is 6.07 Å². The summed E-state index contributed by atoms with van der Waals surface area (Å²) in [7, 11) is 0.